The second-order valence-electron chi connectivity index (χ2n) is 10.1. The zero-order valence-electron chi connectivity index (χ0n) is 21.7. The van der Waals surface area contributed by atoms with Gasteiger partial charge in [0.2, 0.25) is 0 Å². The number of rotatable bonds is 6. The lowest BCUT2D eigenvalue weighted by Gasteiger charge is -2.37. The first kappa shape index (κ1) is 28.7. The number of nitrogens with one attached hydrogen (secondary N) is 1. The number of nitrogens with zero attached hydrogens (tertiary/aromatic N) is 3. The summed E-state index contributed by atoms with van der Waals surface area (Å²) in [5.41, 5.74) is 2.13. The van der Waals surface area contributed by atoms with Gasteiger partial charge in [-0.3, -0.25) is 4.79 Å². The van der Waals surface area contributed by atoms with E-state index in [0.29, 0.717) is 19.4 Å². The van der Waals surface area contributed by atoms with E-state index in [2.05, 4.69) is 15.3 Å². The molecule has 0 atom stereocenters. The third kappa shape index (κ3) is 6.90. The van der Waals surface area contributed by atoms with Gasteiger partial charge < -0.3 is 5.32 Å². The molecular formula is C30H26ClF4N4O2+. The molecule has 1 aliphatic heterocycles. The number of piperidine rings is 1. The highest BCUT2D eigenvalue weighted by molar-refractivity contribution is 6.29. The molecule has 5 rings (SSSR count). The second-order valence-corrected chi connectivity index (χ2v) is 10.5. The molecule has 1 fully saturated rings. The van der Waals surface area contributed by atoms with Crippen molar-refractivity contribution >= 4 is 23.2 Å². The molecule has 0 spiro atoms. The number of hydrogen-bond donors (Lipinski definition) is 2. The summed E-state index contributed by atoms with van der Waals surface area (Å²) >= 11 is 5.88. The van der Waals surface area contributed by atoms with Crippen molar-refractivity contribution in [2.24, 2.45) is 0 Å². The summed E-state index contributed by atoms with van der Waals surface area (Å²) in [7, 11) is 0. The molecule has 3 heterocycles. The number of likely N-dealkylation sites (tertiary alicyclic amines) is 1. The molecule has 6 nitrogen and oxygen atoms in total. The number of hydrogen-bond acceptors (Lipinski definition) is 4. The molecule has 1 saturated heterocycles. The Morgan fingerprint density at radius 1 is 0.976 bits per heavy atom. The number of benzene rings is 2. The summed E-state index contributed by atoms with van der Waals surface area (Å²) < 4.78 is 53.5. The van der Waals surface area contributed by atoms with Crippen LogP contribution in [-0.4, -0.2) is 38.8 Å². The number of halogens is 5. The Hall–Kier alpha value is -3.86. The van der Waals surface area contributed by atoms with Crippen molar-refractivity contribution in [3.8, 4) is 11.1 Å². The smallest absolute Gasteiger partial charge is 0.320 e. The Morgan fingerprint density at radius 3 is 2.22 bits per heavy atom. The van der Waals surface area contributed by atoms with Crippen LogP contribution in [0.3, 0.4) is 0 Å². The zero-order chi connectivity index (χ0) is 29.2. The maximum absolute atomic E-state index is 13.5. The molecule has 1 aliphatic rings. The molecule has 2 aromatic carbocycles. The van der Waals surface area contributed by atoms with Gasteiger partial charge in [0.1, 0.15) is 36.3 Å². The molecule has 41 heavy (non-hydrogen) atoms. The number of quaternary nitrogens is 1. The SMILES string of the molecule is O=C(Nc1ccc(C(F)(F)F)nc1C1CC[N+](O)(Cc2ccc(-c3ccc(F)cc3)cc2)CC1)c1ccnc(Cl)c1. The normalized spacial score (nSPS) is 19.1. The average Bonchev–Trinajstić information content (AvgIpc) is 2.94. The standard InChI is InChI=1S/C30H25ClF4N4O2/c31-27-17-23(11-14-36-27)29(40)37-25-9-10-26(30(33,34)35)38-28(25)22-12-15-39(41,16-13-22)18-19-1-3-20(4-2-19)21-5-7-24(32)8-6-21/h1-11,14,17,22,41H,12-13,15-16,18H2/p+1. The lowest BCUT2D eigenvalue weighted by atomic mass is 9.91. The van der Waals surface area contributed by atoms with Gasteiger partial charge in [0.25, 0.3) is 5.91 Å². The van der Waals surface area contributed by atoms with Crippen LogP contribution in [0, 0.1) is 5.82 Å². The number of pyridine rings is 2. The number of hydroxylamine groups is 3. The van der Waals surface area contributed by atoms with Crippen LogP contribution >= 0.6 is 11.6 Å². The summed E-state index contributed by atoms with van der Waals surface area (Å²) in [6.07, 6.45) is -2.56. The first-order chi connectivity index (χ1) is 19.5. The van der Waals surface area contributed by atoms with E-state index in [4.69, 9.17) is 11.6 Å². The van der Waals surface area contributed by atoms with Crippen LogP contribution in [0.1, 0.15) is 46.1 Å². The van der Waals surface area contributed by atoms with Crippen molar-refractivity contribution < 1.29 is 32.2 Å². The van der Waals surface area contributed by atoms with Crippen LogP contribution in [-0.2, 0) is 12.7 Å². The van der Waals surface area contributed by atoms with E-state index in [-0.39, 0.29) is 45.7 Å². The Kier molecular flexibility index (Phi) is 8.08. The maximum atomic E-state index is 13.5. The van der Waals surface area contributed by atoms with Gasteiger partial charge in [-0.05, 0) is 47.5 Å². The lowest BCUT2D eigenvalue weighted by Crippen LogP contribution is -2.49. The molecule has 212 valence electrons. The van der Waals surface area contributed by atoms with E-state index >= 15 is 0 Å². The van der Waals surface area contributed by atoms with Gasteiger partial charge in [0, 0.05) is 36.1 Å². The van der Waals surface area contributed by atoms with Crippen LogP contribution in [0.25, 0.3) is 11.1 Å². The Morgan fingerprint density at radius 2 is 1.61 bits per heavy atom. The minimum atomic E-state index is -4.65. The van der Waals surface area contributed by atoms with Gasteiger partial charge >= 0.3 is 6.18 Å². The van der Waals surface area contributed by atoms with Crippen molar-refractivity contribution in [2.75, 3.05) is 18.4 Å². The van der Waals surface area contributed by atoms with Gasteiger partial charge in [0.05, 0.1) is 11.4 Å². The fourth-order valence-electron chi connectivity index (χ4n) is 5.05. The highest BCUT2D eigenvalue weighted by Gasteiger charge is 2.38. The molecule has 2 aromatic heterocycles. The van der Waals surface area contributed by atoms with Crippen molar-refractivity contribution in [2.45, 2.75) is 31.5 Å². The highest BCUT2D eigenvalue weighted by atomic mass is 35.5. The first-order valence-corrected chi connectivity index (χ1v) is 13.3. The molecule has 2 N–H and O–H groups in total. The van der Waals surface area contributed by atoms with E-state index in [1.165, 1.54) is 36.5 Å². The lowest BCUT2D eigenvalue weighted by molar-refractivity contribution is -1.12. The number of carbonyl (C=O) groups is 1. The van der Waals surface area contributed by atoms with Crippen LogP contribution < -0.4 is 5.32 Å². The third-order valence-corrected chi connectivity index (χ3v) is 7.44. The van der Waals surface area contributed by atoms with E-state index < -0.39 is 23.7 Å². The highest BCUT2D eigenvalue weighted by Crippen LogP contribution is 2.37. The summed E-state index contributed by atoms with van der Waals surface area (Å²) in [5, 5.41) is 14.1. The van der Waals surface area contributed by atoms with Crippen LogP contribution in [0.15, 0.2) is 79.0 Å². The Balaban J connectivity index is 1.30. The van der Waals surface area contributed by atoms with E-state index in [0.717, 1.165) is 22.8 Å². The van der Waals surface area contributed by atoms with Crippen molar-refractivity contribution in [1.29, 1.82) is 0 Å². The number of amides is 1. The van der Waals surface area contributed by atoms with Crippen molar-refractivity contribution in [3.05, 3.63) is 112 Å². The third-order valence-electron chi connectivity index (χ3n) is 7.23. The number of carbonyl (C=O) groups excluding carboxylic acids is 1. The molecule has 0 radical (unpaired) electrons. The topological polar surface area (TPSA) is 75.1 Å². The summed E-state index contributed by atoms with van der Waals surface area (Å²) in [6.45, 7) is 0.893. The van der Waals surface area contributed by atoms with Crippen LogP contribution in [0.2, 0.25) is 5.15 Å². The van der Waals surface area contributed by atoms with Gasteiger partial charge in [0.15, 0.2) is 0 Å². The first-order valence-electron chi connectivity index (χ1n) is 12.9. The van der Waals surface area contributed by atoms with Gasteiger partial charge in [-0.15, -0.1) is 0 Å². The molecular weight excluding hydrogens is 560 g/mol. The predicted octanol–water partition coefficient (Wildman–Crippen LogP) is 7.49. The molecule has 0 saturated carbocycles. The Bertz CT molecular complexity index is 1540. The van der Waals surface area contributed by atoms with E-state index in [1.807, 2.05) is 24.3 Å². The Labute approximate surface area is 238 Å². The number of aromatic nitrogens is 2. The monoisotopic (exact) mass is 585 g/mol. The molecule has 1 amide bonds. The van der Waals surface area contributed by atoms with Gasteiger partial charge in [-0.25, -0.2) is 19.6 Å². The quantitative estimate of drug-likeness (QED) is 0.140. The average molecular weight is 586 g/mol. The minimum absolute atomic E-state index is 0.109. The fraction of sp³-hybridized carbons (Fsp3) is 0.233. The van der Waals surface area contributed by atoms with Crippen molar-refractivity contribution in [3.63, 3.8) is 0 Å². The van der Waals surface area contributed by atoms with E-state index in [1.54, 1.807) is 12.1 Å². The van der Waals surface area contributed by atoms with Gasteiger partial charge in [-0.1, -0.05) is 48.0 Å². The second kappa shape index (κ2) is 11.6. The maximum Gasteiger partial charge on any atom is 0.433 e. The van der Waals surface area contributed by atoms with Gasteiger partial charge in [-0.2, -0.15) is 17.8 Å². The molecule has 4 aromatic rings. The number of anilines is 1. The van der Waals surface area contributed by atoms with E-state index in [9.17, 15) is 27.6 Å². The largest absolute Gasteiger partial charge is 0.433 e. The summed E-state index contributed by atoms with van der Waals surface area (Å²) in [4.78, 5) is 20.6. The summed E-state index contributed by atoms with van der Waals surface area (Å²) in [6, 6.07) is 18.6. The molecule has 0 unspecified atom stereocenters. The summed E-state index contributed by atoms with van der Waals surface area (Å²) in [5.74, 6) is -1.27. The van der Waals surface area contributed by atoms with Crippen molar-refractivity contribution in [1.82, 2.24) is 9.97 Å². The molecule has 0 bridgehead atoms. The zero-order valence-corrected chi connectivity index (χ0v) is 22.5. The van der Waals surface area contributed by atoms with Crippen LogP contribution in [0.5, 0.6) is 0 Å². The minimum Gasteiger partial charge on any atom is -0.320 e. The molecule has 11 heteroatoms. The molecule has 0 aliphatic carbocycles. The number of alkyl halides is 3. The fourth-order valence-corrected chi connectivity index (χ4v) is 5.23. The van der Waals surface area contributed by atoms with Crippen LogP contribution in [0.4, 0.5) is 23.2 Å². The predicted molar refractivity (Wildman–Crippen MR) is 146 cm³/mol.